The maximum atomic E-state index is 11.0. The third-order valence-electron chi connectivity index (χ3n) is 1.41. The molecule has 1 heterocycles. The molecule has 1 aromatic heterocycles. The van der Waals surface area contributed by atoms with E-state index in [0.717, 1.165) is 5.56 Å². The van der Waals surface area contributed by atoms with Gasteiger partial charge in [0.15, 0.2) is 0 Å². The van der Waals surface area contributed by atoms with Gasteiger partial charge in [-0.15, -0.1) is 6.42 Å². The third-order valence-corrected chi connectivity index (χ3v) is 1.41. The van der Waals surface area contributed by atoms with E-state index in [2.05, 4.69) is 4.98 Å². The highest BCUT2D eigenvalue weighted by Gasteiger charge is 2.03. The number of carbonyl (C=O) groups is 1. The number of ketones is 1. The van der Waals surface area contributed by atoms with Crippen molar-refractivity contribution in [2.24, 2.45) is 0 Å². The van der Waals surface area contributed by atoms with Crippen LogP contribution in [0.3, 0.4) is 0 Å². The van der Waals surface area contributed by atoms with Gasteiger partial charge in [0, 0.05) is 12.4 Å². The van der Waals surface area contributed by atoms with E-state index in [9.17, 15) is 4.79 Å². The molecule has 0 spiro atoms. The molecule has 11 heavy (non-hydrogen) atoms. The largest absolute Gasteiger partial charge is 0.279 e. The van der Waals surface area contributed by atoms with Crippen LogP contribution in [-0.4, -0.2) is 10.8 Å². The summed E-state index contributed by atoms with van der Waals surface area (Å²) < 4.78 is 0. The van der Waals surface area contributed by atoms with Crippen molar-refractivity contribution in [1.29, 1.82) is 0 Å². The summed E-state index contributed by atoms with van der Waals surface area (Å²) in [6.07, 6.45) is 8.06. The first-order chi connectivity index (χ1) is 5.25. The quantitative estimate of drug-likeness (QED) is 0.337. The Morgan fingerprint density at radius 1 is 1.73 bits per heavy atom. The van der Waals surface area contributed by atoms with Crippen LogP contribution in [0.4, 0.5) is 0 Å². The van der Waals surface area contributed by atoms with Gasteiger partial charge in [-0.1, -0.05) is 0 Å². The first-order valence-electron chi connectivity index (χ1n) is 3.17. The Bertz CT molecular complexity index is 323. The number of aromatic nitrogens is 1. The Balaban J connectivity index is 3.16. The zero-order valence-electron chi connectivity index (χ0n) is 6.16. The topological polar surface area (TPSA) is 30.0 Å². The van der Waals surface area contributed by atoms with Crippen molar-refractivity contribution < 1.29 is 4.79 Å². The van der Waals surface area contributed by atoms with Gasteiger partial charge in [-0.3, -0.25) is 9.78 Å². The summed E-state index contributed by atoms with van der Waals surface area (Å²) in [5.41, 5.74) is 1.37. The lowest BCUT2D eigenvalue weighted by Crippen LogP contribution is -1.98. The number of aryl methyl sites for hydroxylation is 1. The molecule has 0 aliphatic carbocycles. The van der Waals surface area contributed by atoms with Crippen molar-refractivity contribution in [1.82, 2.24) is 4.98 Å². The average Bonchev–Trinajstić information content (AvgIpc) is 2.04. The Hall–Kier alpha value is -1.62. The van der Waals surface area contributed by atoms with E-state index in [-0.39, 0.29) is 5.78 Å². The van der Waals surface area contributed by atoms with Crippen LogP contribution >= 0.6 is 0 Å². The second-order valence-corrected chi connectivity index (χ2v) is 2.16. The van der Waals surface area contributed by atoms with Crippen molar-refractivity contribution >= 4 is 5.78 Å². The molecule has 0 aromatic carbocycles. The van der Waals surface area contributed by atoms with E-state index in [4.69, 9.17) is 6.42 Å². The molecule has 0 fully saturated rings. The first kappa shape index (κ1) is 7.49. The van der Waals surface area contributed by atoms with Crippen molar-refractivity contribution in [3.63, 3.8) is 0 Å². The summed E-state index contributed by atoms with van der Waals surface area (Å²) in [7, 11) is 0. The Labute approximate surface area is 65.3 Å². The summed E-state index contributed by atoms with van der Waals surface area (Å²) in [4.78, 5) is 14.8. The van der Waals surface area contributed by atoms with E-state index in [1.807, 2.05) is 12.8 Å². The van der Waals surface area contributed by atoms with E-state index in [0.29, 0.717) is 5.56 Å². The average molecular weight is 145 g/mol. The third kappa shape index (κ3) is 1.44. The highest BCUT2D eigenvalue weighted by atomic mass is 16.1. The molecule has 54 valence electrons. The predicted octanol–water partition coefficient (Wildman–Crippen LogP) is 1.21. The zero-order chi connectivity index (χ0) is 8.27. The number of hydrogen-bond acceptors (Lipinski definition) is 2. The van der Waals surface area contributed by atoms with Crippen LogP contribution in [-0.2, 0) is 0 Å². The molecule has 1 aromatic rings. The van der Waals surface area contributed by atoms with Gasteiger partial charge in [-0.05, 0) is 24.5 Å². The molecule has 0 unspecified atom stereocenters. The Morgan fingerprint density at radius 2 is 2.45 bits per heavy atom. The second kappa shape index (κ2) is 2.98. The maximum absolute atomic E-state index is 11.0. The highest BCUT2D eigenvalue weighted by molar-refractivity contribution is 6.09. The SMILES string of the molecule is C#CC(=O)c1cnccc1C. The number of rotatable bonds is 1. The minimum absolute atomic E-state index is 0.310. The molecular weight excluding hydrogens is 138 g/mol. The van der Waals surface area contributed by atoms with Crippen LogP contribution in [0.15, 0.2) is 18.5 Å². The van der Waals surface area contributed by atoms with E-state index < -0.39 is 0 Å². The van der Waals surface area contributed by atoms with Gasteiger partial charge in [0.1, 0.15) is 0 Å². The smallest absolute Gasteiger partial charge is 0.237 e. The fraction of sp³-hybridized carbons (Fsp3) is 0.111. The Morgan fingerprint density at radius 3 is 3.00 bits per heavy atom. The van der Waals surface area contributed by atoms with Crippen LogP contribution in [0.1, 0.15) is 15.9 Å². The van der Waals surface area contributed by atoms with Crippen LogP contribution in [0.5, 0.6) is 0 Å². The van der Waals surface area contributed by atoms with E-state index in [1.54, 1.807) is 12.3 Å². The van der Waals surface area contributed by atoms with Gasteiger partial charge < -0.3 is 0 Å². The second-order valence-electron chi connectivity index (χ2n) is 2.16. The first-order valence-corrected chi connectivity index (χ1v) is 3.17. The fourth-order valence-corrected chi connectivity index (χ4v) is 0.779. The van der Waals surface area contributed by atoms with Crippen molar-refractivity contribution in [2.75, 3.05) is 0 Å². The number of Topliss-reactive ketones (excluding diaryl/α,β-unsaturated/α-hetero) is 1. The number of pyridine rings is 1. The Kier molecular flexibility index (Phi) is 2.03. The summed E-state index contributed by atoms with van der Waals surface area (Å²) in [6, 6.07) is 1.75. The lowest BCUT2D eigenvalue weighted by atomic mass is 10.1. The molecule has 0 radical (unpaired) electrons. The van der Waals surface area contributed by atoms with Crippen LogP contribution < -0.4 is 0 Å². The predicted molar refractivity (Wildman–Crippen MR) is 42.1 cm³/mol. The molecule has 1 rings (SSSR count). The van der Waals surface area contributed by atoms with Gasteiger partial charge in [0.25, 0.3) is 0 Å². The molecule has 0 N–H and O–H groups in total. The van der Waals surface area contributed by atoms with Gasteiger partial charge in [-0.2, -0.15) is 0 Å². The summed E-state index contributed by atoms with van der Waals surface area (Å²) in [6.45, 7) is 1.83. The molecule has 0 atom stereocenters. The maximum Gasteiger partial charge on any atom is 0.237 e. The highest BCUT2D eigenvalue weighted by Crippen LogP contribution is 2.04. The van der Waals surface area contributed by atoms with Crippen molar-refractivity contribution in [3.8, 4) is 12.3 Å². The molecular formula is C9H7NO. The molecule has 2 nitrogen and oxygen atoms in total. The number of nitrogens with zero attached hydrogens (tertiary/aromatic N) is 1. The zero-order valence-corrected chi connectivity index (χ0v) is 6.16. The van der Waals surface area contributed by atoms with Gasteiger partial charge in [0.05, 0.1) is 5.56 Å². The minimum atomic E-state index is -0.310. The van der Waals surface area contributed by atoms with Crippen LogP contribution in [0.2, 0.25) is 0 Å². The van der Waals surface area contributed by atoms with Gasteiger partial charge in [-0.25, -0.2) is 0 Å². The fourth-order valence-electron chi connectivity index (χ4n) is 0.779. The summed E-state index contributed by atoms with van der Waals surface area (Å²) >= 11 is 0. The van der Waals surface area contributed by atoms with Crippen LogP contribution in [0.25, 0.3) is 0 Å². The lowest BCUT2D eigenvalue weighted by molar-refractivity contribution is 0.105. The number of carbonyl (C=O) groups excluding carboxylic acids is 1. The molecule has 0 aliphatic heterocycles. The summed E-state index contributed by atoms with van der Waals surface area (Å²) in [5, 5.41) is 0. The minimum Gasteiger partial charge on any atom is -0.279 e. The van der Waals surface area contributed by atoms with Crippen LogP contribution in [0, 0.1) is 19.3 Å². The molecule has 0 amide bonds. The molecule has 0 saturated heterocycles. The number of terminal acetylenes is 1. The van der Waals surface area contributed by atoms with Crippen molar-refractivity contribution in [2.45, 2.75) is 6.92 Å². The number of hydrogen-bond donors (Lipinski definition) is 0. The molecule has 0 bridgehead atoms. The normalized spacial score (nSPS) is 8.73. The molecule has 0 aliphatic rings. The van der Waals surface area contributed by atoms with Crippen molar-refractivity contribution in [3.05, 3.63) is 29.6 Å². The molecule has 0 saturated carbocycles. The summed E-state index contributed by atoms with van der Waals surface area (Å²) in [5.74, 6) is 1.73. The molecule has 2 heteroatoms. The van der Waals surface area contributed by atoms with E-state index in [1.165, 1.54) is 6.20 Å². The van der Waals surface area contributed by atoms with Gasteiger partial charge in [0.2, 0.25) is 5.78 Å². The standard InChI is InChI=1S/C9H7NO/c1-3-9(11)8-6-10-5-4-7(8)2/h1,4-6H,2H3. The monoisotopic (exact) mass is 145 g/mol. The van der Waals surface area contributed by atoms with Gasteiger partial charge >= 0.3 is 0 Å². The lowest BCUT2D eigenvalue weighted by Gasteiger charge is -1.96. The van der Waals surface area contributed by atoms with E-state index >= 15 is 0 Å².